The van der Waals surface area contributed by atoms with Crippen molar-refractivity contribution >= 4 is 23.0 Å². The summed E-state index contributed by atoms with van der Waals surface area (Å²) in [6, 6.07) is 20.9. The van der Waals surface area contributed by atoms with Gasteiger partial charge in [-0.3, -0.25) is 4.98 Å². The van der Waals surface area contributed by atoms with Crippen LogP contribution in [0.2, 0.25) is 0 Å². The molecule has 2 aromatic carbocycles. The quantitative estimate of drug-likeness (QED) is 0.283. The normalized spacial score (nSPS) is 17.2. The Kier molecular flexibility index (Phi) is 6.78. The van der Waals surface area contributed by atoms with Crippen LogP contribution in [-0.2, 0) is 0 Å². The summed E-state index contributed by atoms with van der Waals surface area (Å²) in [6.45, 7) is 13.6. The fourth-order valence-corrected chi connectivity index (χ4v) is 6.12. The van der Waals surface area contributed by atoms with Gasteiger partial charge >= 0.3 is 0 Å². The second kappa shape index (κ2) is 10.0. The molecule has 5 nitrogen and oxygen atoms in total. The fourth-order valence-electron chi connectivity index (χ4n) is 5.77. The first kappa shape index (κ1) is 25.0. The van der Waals surface area contributed by atoms with E-state index < -0.39 is 0 Å². The lowest BCUT2D eigenvalue weighted by atomic mass is 9.96. The van der Waals surface area contributed by atoms with Crippen LogP contribution in [0.5, 0.6) is 5.75 Å². The maximum absolute atomic E-state index is 5.94. The van der Waals surface area contributed by atoms with Crippen molar-refractivity contribution in [2.24, 2.45) is 0 Å². The molecule has 2 atom stereocenters. The SMILES string of the molecule is CCOc1ccc(N2C(=S)N[C@H](c3ccccn3)[C@@H]2c2cc(C)n(-c3c(C)cc(C)cc3C)c2C)cc1. The molecule has 0 unspecified atom stereocenters. The molecular weight excluding hydrogens is 476 g/mol. The maximum atomic E-state index is 5.94. The van der Waals surface area contributed by atoms with E-state index in [9.17, 15) is 0 Å². The van der Waals surface area contributed by atoms with Crippen LogP contribution < -0.4 is 15.0 Å². The molecule has 0 bridgehead atoms. The summed E-state index contributed by atoms with van der Waals surface area (Å²) >= 11 is 5.94. The molecule has 1 aliphatic heterocycles. The number of nitrogens with one attached hydrogen (secondary N) is 1. The molecule has 1 saturated heterocycles. The van der Waals surface area contributed by atoms with E-state index >= 15 is 0 Å². The van der Waals surface area contributed by atoms with Crippen molar-refractivity contribution < 1.29 is 4.74 Å². The lowest BCUT2D eigenvalue weighted by molar-refractivity contribution is 0.340. The molecule has 6 heteroatoms. The van der Waals surface area contributed by atoms with Gasteiger partial charge in [0.2, 0.25) is 0 Å². The zero-order valence-corrected chi connectivity index (χ0v) is 23.2. The lowest BCUT2D eigenvalue weighted by Crippen LogP contribution is -2.29. The third kappa shape index (κ3) is 4.51. The molecule has 0 aliphatic carbocycles. The smallest absolute Gasteiger partial charge is 0.174 e. The first-order chi connectivity index (χ1) is 17.8. The second-order valence-corrected chi connectivity index (χ2v) is 10.2. The highest BCUT2D eigenvalue weighted by molar-refractivity contribution is 7.80. The molecule has 0 radical (unpaired) electrons. The number of aryl methyl sites for hydroxylation is 4. The van der Waals surface area contributed by atoms with Gasteiger partial charge in [0, 0.05) is 23.3 Å². The number of nitrogens with zero attached hydrogens (tertiary/aromatic N) is 3. The van der Waals surface area contributed by atoms with Crippen LogP contribution >= 0.6 is 12.2 Å². The Balaban J connectivity index is 1.67. The Labute approximate surface area is 225 Å². The molecule has 1 fully saturated rings. The van der Waals surface area contributed by atoms with Gasteiger partial charge < -0.3 is 19.5 Å². The fraction of sp³-hybridized carbons (Fsp3) is 0.290. The summed E-state index contributed by atoms with van der Waals surface area (Å²) in [7, 11) is 0. The number of ether oxygens (including phenoxy) is 1. The number of hydrogen-bond donors (Lipinski definition) is 1. The van der Waals surface area contributed by atoms with Gasteiger partial charge in [0.15, 0.2) is 5.11 Å². The highest BCUT2D eigenvalue weighted by atomic mass is 32.1. The molecule has 37 heavy (non-hydrogen) atoms. The van der Waals surface area contributed by atoms with E-state index in [0.717, 1.165) is 17.1 Å². The molecule has 0 spiro atoms. The van der Waals surface area contributed by atoms with Crippen molar-refractivity contribution in [3.05, 3.63) is 106 Å². The summed E-state index contributed by atoms with van der Waals surface area (Å²) in [5.41, 5.74) is 10.7. The van der Waals surface area contributed by atoms with E-state index in [1.165, 1.54) is 39.3 Å². The van der Waals surface area contributed by atoms with Crippen LogP contribution in [0.15, 0.2) is 66.9 Å². The maximum Gasteiger partial charge on any atom is 0.174 e. The van der Waals surface area contributed by atoms with E-state index in [4.69, 9.17) is 21.9 Å². The summed E-state index contributed by atoms with van der Waals surface area (Å²) < 4.78 is 8.09. The van der Waals surface area contributed by atoms with Crippen molar-refractivity contribution in [3.8, 4) is 11.4 Å². The predicted molar refractivity (Wildman–Crippen MR) is 155 cm³/mol. The van der Waals surface area contributed by atoms with Gasteiger partial charge in [0.05, 0.1) is 30.1 Å². The summed E-state index contributed by atoms with van der Waals surface area (Å²) in [5.74, 6) is 0.852. The number of benzene rings is 2. The van der Waals surface area contributed by atoms with Crippen LogP contribution in [0.25, 0.3) is 5.69 Å². The van der Waals surface area contributed by atoms with Gasteiger partial charge in [-0.05, 0) is 113 Å². The Bertz CT molecular complexity index is 1420. The second-order valence-electron chi connectivity index (χ2n) is 9.83. The summed E-state index contributed by atoms with van der Waals surface area (Å²) in [6.07, 6.45) is 1.85. The van der Waals surface area contributed by atoms with E-state index in [-0.39, 0.29) is 12.1 Å². The summed E-state index contributed by atoms with van der Waals surface area (Å²) in [5, 5.41) is 4.28. The highest BCUT2D eigenvalue weighted by Gasteiger charge is 2.42. The third-order valence-electron chi connectivity index (χ3n) is 7.17. The average Bonchev–Trinajstić information content (AvgIpc) is 3.36. The molecule has 190 valence electrons. The number of pyridine rings is 1. The Hall–Kier alpha value is -3.64. The Morgan fingerprint density at radius 2 is 1.65 bits per heavy atom. The molecular formula is C31H34N4OS. The van der Waals surface area contributed by atoms with Crippen LogP contribution in [0.4, 0.5) is 5.69 Å². The van der Waals surface area contributed by atoms with Gasteiger partial charge in [-0.25, -0.2) is 0 Å². The van der Waals surface area contributed by atoms with Crippen molar-refractivity contribution in [1.82, 2.24) is 14.9 Å². The van der Waals surface area contributed by atoms with Gasteiger partial charge in [-0.1, -0.05) is 23.8 Å². The Morgan fingerprint density at radius 3 is 2.27 bits per heavy atom. The van der Waals surface area contributed by atoms with E-state index in [1.807, 2.05) is 37.4 Å². The minimum Gasteiger partial charge on any atom is -0.494 e. The first-order valence-corrected chi connectivity index (χ1v) is 13.2. The van der Waals surface area contributed by atoms with Gasteiger partial charge in [0.1, 0.15) is 5.75 Å². The van der Waals surface area contributed by atoms with E-state index in [1.54, 1.807) is 0 Å². The summed E-state index contributed by atoms with van der Waals surface area (Å²) in [4.78, 5) is 6.94. The Morgan fingerprint density at radius 1 is 0.946 bits per heavy atom. The number of anilines is 1. The van der Waals surface area contributed by atoms with Gasteiger partial charge in [-0.15, -0.1) is 0 Å². The van der Waals surface area contributed by atoms with Crippen molar-refractivity contribution in [1.29, 1.82) is 0 Å². The molecule has 3 heterocycles. The van der Waals surface area contributed by atoms with Crippen molar-refractivity contribution in [2.75, 3.05) is 11.5 Å². The topological polar surface area (TPSA) is 42.3 Å². The predicted octanol–water partition coefficient (Wildman–Crippen LogP) is 6.99. The molecule has 5 rings (SSSR count). The number of aromatic nitrogens is 2. The zero-order valence-electron chi connectivity index (χ0n) is 22.4. The molecule has 2 aromatic heterocycles. The molecule has 0 amide bonds. The molecule has 1 N–H and O–H groups in total. The molecule has 0 saturated carbocycles. The van der Waals surface area contributed by atoms with E-state index in [0.29, 0.717) is 11.7 Å². The van der Waals surface area contributed by atoms with E-state index in [2.05, 4.69) is 85.8 Å². The zero-order chi connectivity index (χ0) is 26.3. The van der Waals surface area contributed by atoms with Crippen molar-refractivity contribution in [3.63, 3.8) is 0 Å². The number of thiocarbonyl (C=S) groups is 1. The van der Waals surface area contributed by atoms with Crippen molar-refractivity contribution in [2.45, 2.75) is 53.6 Å². The minimum atomic E-state index is -0.0885. The molecule has 1 aliphatic rings. The van der Waals surface area contributed by atoms with Gasteiger partial charge in [-0.2, -0.15) is 0 Å². The van der Waals surface area contributed by atoms with Crippen LogP contribution in [0.3, 0.4) is 0 Å². The minimum absolute atomic E-state index is 0.0636. The average molecular weight is 511 g/mol. The van der Waals surface area contributed by atoms with Crippen LogP contribution in [0.1, 0.15) is 58.3 Å². The standard InChI is InChI=1S/C31H34N4OS/c1-7-36-25-13-11-24(12-14-25)35-30(28(33-31(35)37)27-10-8-9-15-32-27)26-18-22(5)34(23(26)6)29-20(3)16-19(2)17-21(29)4/h8-18,28,30H,7H2,1-6H3,(H,33,37)/t28-,30+/m1/s1. The number of hydrogen-bond acceptors (Lipinski definition) is 3. The highest BCUT2D eigenvalue weighted by Crippen LogP contribution is 2.44. The largest absolute Gasteiger partial charge is 0.494 e. The van der Waals surface area contributed by atoms with Crippen LogP contribution in [0, 0.1) is 34.6 Å². The van der Waals surface area contributed by atoms with Crippen LogP contribution in [-0.4, -0.2) is 21.3 Å². The first-order valence-electron chi connectivity index (χ1n) is 12.8. The van der Waals surface area contributed by atoms with Gasteiger partial charge in [0.25, 0.3) is 0 Å². The lowest BCUT2D eigenvalue weighted by Gasteiger charge is -2.28. The molecule has 4 aromatic rings. The monoisotopic (exact) mass is 510 g/mol. The number of rotatable bonds is 6. The third-order valence-corrected chi connectivity index (χ3v) is 7.49.